The van der Waals surface area contributed by atoms with Crippen molar-refractivity contribution in [1.82, 2.24) is 19.1 Å². The lowest BCUT2D eigenvalue weighted by molar-refractivity contribution is 0.286. The smallest absolute Gasteiger partial charge is 0.292 e. The van der Waals surface area contributed by atoms with E-state index in [0.29, 0.717) is 11.2 Å². The molecule has 0 spiro atoms. The molecule has 2 bridgehead atoms. The lowest BCUT2D eigenvalue weighted by Gasteiger charge is -2.27. The molecule has 2 aromatic rings. The number of aromatic nitrogens is 4. The van der Waals surface area contributed by atoms with E-state index in [9.17, 15) is 10.1 Å². The summed E-state index contributed by atoms with van der Waals surface area (Å²) in [4.78, 5) is 20.9. The van der Waals surface area contributed by atoms with Gasteiger partial charge in [0.25, 0.3) is 0 Å². The van der Waals surface area contributed by atoms with Gasteiger partial charge in [0.1, 0.15) is 5.52 Å². The van der Waals surface area contributed by atoms with Crippen molar-refractivity contribution < 1.29 is 0 Å². The third-order valence-electron chi connectivity index (χ3n) is 5.29. The molecule has 0 N–H and O–H groups in total. The van der Waals surface area contributed by atoms with Gasteiger partial charge in [-0.15, -0.1) is 0 Å². The zero-order chi connectivity index (χ0) is 14.8. The van der Waals surface area contributed by atoms with E-state index >= 15 is 0 Å². The Kier molecular flexibility index (Phi) is 2.36. The highest BCUT2D eigenvalue weighted by atomic mass is 35.5. The second-order valence-electron chi connectivity index (χ2n) is 6.32. The summed E-state index contributed by atoms with van der Waals surface area (Å²) >= 11 is 5.91. The van der Waals surface area contributed by atoms with E-state index in [0.717, 1.165) is 32.1 Å². The van der Waals surface area contributed by atoms with Crippen molar-refractivity contribution in [2.45, 2.75) is 37.6 Å². The number of fused-ring (bicyclic) bond motifs is 3. The summed E-state index contributed by atoms with van der Waals surface area (Å²) in [6.45, 7) is 0. The number of aryl methyl sites for hydroxylation is 1. The Labute approximate surface area is 126 Å². The van der Waals surface area contributed by atoms with Gasteiger partial charge in [0, 0.05) is 7.05 Å². The molecule has 21 heavy (non-hydrogen) atoms. The Hall–Kier alpha value is -1.87. The Morgan fingerprint density at radius 1 is 1.38 bits per heavy atom. The van der Waals surface area contributed by atoms with Gasteiger partial charge >= 0.3 is 5.69 Å². The molecule has 0 saturated heterocycles. The van der Waals surface area contributed by atoms with Crippen LogP contribution in [-0.2, 0) is 12.6 Å². The number of hydrogen-bond donors (Lipinski definition) is 0. The summed E-state index contributed by atoms with van der Waals surface area (Å²) in [5.41, 5.74) is 0.609. The molecule has 2 saturated carbocycles. The summed E-state index contributed by atoms with van der Waals surface area (Å²) in [6, 6.07) is 2.47. The van der Waals surface area contributed by atoms with Crippen LogP contribution < -0.4 is 5.69 Å². The first-order chi connectivity index (χ1) is 10.0. The van der Waals surface area contributed by atoms with Crippen LogP contribution in [0.1, 0.15) is 32.1 Å². The van der Waals surface area contributed by atoms with Crippen molar-refractivity contribution in [2.24, 2.45) is 12.5 Å². The predicted octanol–water partition coefficient (Wildman–Crippen LogP) is 1.97. The third kappa shape index (κ3) is 1.50. The SMILES string of the molecule is Cn1c(=O)n(C23CCC(C#N)(CC2)C3)c2nc(Cl)ncc21. The van der Waals surface area contributed by atoms with Gasteiger partial charge in [-0.05, 0) is 43.7 Å². The van der Waals surface area contributed by atoms with Crippen LogP contribution in [0.2, 0.25) is 5.28 Å². The summed E-state index contributed by atoms with van der Waals surface area (Å²) in [7, 11) is 1.72. The number of hydrogen-bond acceptors (Lipinski definition) is 4. The van der Waals surface area contributed by atoms with Crippen molar-refractivity contribution in [3.8, 4) is 6.07 Å². The normalized spacial score (nSPS) is 30.9. The monoisotopic (exact) mass is 303 g/mol. The molecular formula is C14H14ClN5O. The van der Waals surface area contributed by atoms with E-state index in [-0.39, 0.29) is 21.9 Å². The molecule has 2 aliphatic rings. The van der Waals surface area contributed by atoms with E-state index in [1.54, 1.807) is 22.4 Å². The van der Waals surface area contributed by atoms with Crippen molar-refractivity contribution in [3.05, 3.63) is 22.0 Å². The molecule has 2 aliphatic carbocycles. The molecule has 2 fully saturated rings. The van der Waals surface area contributed by atoms with E-state index in [1.807, 2.05) is 0 Å². The zero-order valence-corrected chi connectivity index (χ0v) is 12.4. The van der Waals surface area contributed by atoms with Gasteiger partial charge in [-0.2, -0.15) is 10.2 Å². The maximum Gasteiger partial charge on any atom is 0.330 e. The highest BCUT2D eigenvalue weighted by Gasteiger charge is 2.57. The van der Waals surface area contributed by atoms with Gasteiger partial charge in [-0.1, -0.05) is 0 Å². The van der Waals surface area contributed by atoms with Crippen molar-refractivity contribution in [3.63, 3.8) is 0 Å². The summed E-state index contributed by atoms with van der Waals surface area (Å²) in [5, 5.41) is 9.59. The summed E-state index contributed by atoms with van der Waals surface area (Å²) < 4.78 is 3.33. The van der Waals surface area contributed by atoms with Crippen molar-refractivity contribution >= 4 is 22.8 Å². The Morgan fingerprint density at radius 3 is 2.71 bits per heavy atom. The van der Waals surface area contributed by atoms with Gasteiger partial charge in [0.05, 0.1) is 23.2 Å². The lowest BCUT2D eigenvalue weighted by atomic mass is 9.85. The van der Waals surface area contributed by atoms with Crippen LogP contribution in [0.15, 0.2) is 11.0 Å². The third-order valence-corrected chi connectivity index (χ3v) is 5.47. The van der Waals surface area contributed by atoms with Gasteiger partial charge in [0.15, 0.2) is 5.65 Å². The largest absolute Gasteiger partial charge is 0.330 e. The summed E-state index contributed by atoms with van der Waals surface area (Å²) in [6.07, 6.45) is 5.72. The minimum absolute atomic E-state index is 0.0998. The number of nitrogens with zero attached hydrogens (tertiary/aromatic N) is 5. The minimum Gasteiger partial charge on any atom is -0.292 e. The molecule has 6 nitrogen and oxygen atoms in total. The number of nitriles is 1. The number of imidazole rings is 1. The maximum atomic E-state index is 12.7. The van der Waals surface area contributed by atoms with Crippen molar-refractivity contribution in [2.75, 3.05) is 0 Å². The van der Waals surface area contributed by atoms with Crippen LogP contribution in [0.3, 0.4) is 0 Å². The molecule has 0 radical (unpaired) electrons. The second-order valence-corrected chi connectivity index (χ2v) is 6.66. The Balaban J connectivity index is 2.01. The number of rotatable bonds is 1. The van der Waals surface area contributed by atoms with E-state index in [2.05, 4.69) is 16.0 Å². The first-order valence-corrected chi connectivity index (χ1v) is 7.40. The average molecular weight is 304 g/mol. The molecule has 0 amide bonds. The van der Waals surface area contributed by atoms with Gasteiger partial charge in [-0.3, -0.25) is 9.13 Å². The van der Waals surface area contributed by atoms with E-state index in [4.69, 9.17) is 11.6 Å². The van der Waals surface area contributed by atoms with Gasteiger partial charge in [0.2, 0.25) is 5.28 Å². The van der Waals surface area contributed by atoms with E-state index < -0.39 is 0 Å². The highest BCUT2D eigenvalue weighted by molar-refractivity contribution is 6.28. The molecule has 0 atom stereocenters. The standard InChI is InChI=1S/C14H14ClN5O/c1-19-9-6-17-11(15)18-10(9)20(12(19)21)14-4-2-13(7-14,8-16)3-5-14/h6H,2-5,7H2,1H3. The topological polar surface area (TPSA) is 76.5 Å². The first kappa shape index (κ1) is 12.8. The fourth-order valence-electron chi connectivity index (χ4n) is 4.15. The maximum absolute atomic E-state index is 12.7. The van der Waals surface area contributed by atoms with E-state index in [1.165, 1.54) is 0 Å². The second kappa shape index (κ2) is 3.86. The minimum atomic E-state index is -0.288. The zero-order valence-electron chi connectivity index (χ0n) is 11.6. The van der Waals surface area contributed by atoms with Crippen LogP contribution in [0.25, 0.3) is 11.2 Å². The molecule has 7 heteroatoms. The van der Waals surface area contributed by atoms with Gasteiger partial charge < -0.3 is 0 Å². The van der Waals surface area contributed by atoms with Crippen molar-refractivity contribution in [1.29, 1.82) is 5.26 Å². The number of halogens is 1. The van der Waals surface area contributed by atoms with Crippen LogP contribution >= 0.6 is 11.6 Å². The predicted molar refractivity (Wildman–Crippen MR) is 76.9 cm³/mol. The Morgan fingerprint density at radius 2 is 2.10 bits per heavy atom. The average Bonchev–Trinajstić information content (AvgIpc) is 3.10. The molecule has 2 aromatic heterocycles. The molecule has 0 unspecified atom stereocenters. The molecule has 2 heterocycles. The van der Waals surface area contributed by atoms with Crippen LogP contribution in [0.5, 0.6) is 0 Å². The molecule has 0 aliphatic heterocycles. The first-order valence-electron chi connectivity index (χ1n) is 7.02. The Bertz CT molecular complexity index is 851. The van der Waals surface area contributed by atoms with Crippen LogP contribution in [0.4, 0.5) is 0 Å². The molecule has 108 valence electrons. The summed E-state index contributed by atoms with van der Waals surface area (Å²) in [5.74, 6) is 0. The fourth-order valence-corrected chi connectivity index (χ4v) is 4.28. The van der Waals surface area contributed by atoms with Crippen LogP contribution in [0, 0.1) is 16.7 Å². The highest BCUT2D eigenvalue weighted by Crippen LogP contribution is 2.59. The molecule has 0 aromatic carbocycles. The lowest BCUT2D eigenvalue weighted by Crippen LogP contribution is -2.38. The molecular weight excluding hydrogens is 290 g/mol. The molecule has 4 rings (SSSR count). The van der Waals surface area contributed by atoms with Crippen LogP contribution in [-0.4, -0.2) is 19.1 Å². The van der Waals surface area contributed by atoms with Gasteiger partial charge in [-0.25, -0.2) is 9.78 Å². The quantitative estimate of drug-likeness (QED) is 0.755. The fraction of sp³-hybridized carbons (Fsp3) is 0.571.